The van der Waals surface area contributed by atoms with Crippen LogP contribution in [0.4, 0.5) is 0 Å². The van der Waals surface area contributed by atoms with E-state index in [1.165, 1.54) is 0 Å². The monoisotopic (exact) mass is 227 g/mol. The van der Waals surface area contributed by atoms with Gasteiger partial charge in [-0.2, -0.15) is 0 Å². The Bertz CT molecular complexity index is 259. The van der Waals surface area contributed by atoms with Gasteiger partial charge in [-0.25, -0.2) is 0 Å². The minimum absolute atomic E-state index is 0.00933. The van der Waals surface area contributed by atoms with Crippen LogP contribution in [-0.4, -0.2) is 53.5 Å². The molecule has 16 heavy (non-hydrogen) atoms. The fraction of sp³-hybridized carbons (Fsp3) is 0.917. The molecule has 4 nitrogen and oxygen atoms in total. The highest BCUT2D eigenvalue weighted by Gasteiger charge is 2.37. The number of carbonyl (C=O) groups excluding carboxylic acids is 1. The Morgan fingerprint density at radius 1 is 1.44 bits per heavy atom. The summed E-state index contributed by atoms with van der Waals surface area (Å²) in [6.07, 6.45) is 1.01. The molecule has 94 valence electrons. The minimum atomic E-state index is -0.171. The minimum Gasteiger partial charge on any atom is -0.342 e. The van der Waals surface area contributed by atoms with E-state index in [1.807, 2.05) is 11.9 Å². The maximum absolute atomic E-state index is 12.2. The maximum Gasteiger partial charge on any atom is 0.241 e. The number of likely N-dealkylation sites (N-methyl/N-ethyl adjacent to an activating group) is 1. The lowest BCUT2D eigenvalue weighted by molar-refractivity contribution is -0.136. The molecule has 0 spiro atoms. The first-order chi connectivity index (χ1) is 7.29. The van der Waals surface area contributed by atoms with Gasteiger partial charge in [0, 0.05) is 31.7 Å². The summed E-state index contributed by atoms with van der Waals surface area (Å²) in [7, 11) is 1.88. The molecular formula is C12H25N3O. The van der Waals surface area contributed by atoms with Gasteiger partial charge < -0.3 is 10.6 Å². The van der Waals surface area contributed by atoms with Gasteiger partial charge in [-0.3, -0.25) is 9.69 Å². The average molecular weight is 227 g/mol. The summed E-state index contributed by atoms with van der Waals surface area (Å²) in [6.45, 7) is 9.84. The Morgan fingerprint density at radius 3 is 2.44 bits per heavy atom. The van der Waals surface area contributed by atoms with Crippen LogP contribution in [-0.2, 0) is 4.79 Å². The van der Waals surface area contributed by atoms with Crippen molar-refractivity contribution in [2.24, 2.45) is 5.73 Å². The second-order valence-corrected chi connectivity index (χ2v) is 5.70. The number of nitrogens with two attached hydrogens (primary N) is 1. The number of rotatable bonds is 1. The van der Waals surface area contributed by atoms with Crippen LogP contribution >= 0.6 is 0 Å². The van der Waals surface area contributed by atoms with Crippen molar-refractivity contribution in [3.05, 3.63) is 0 Å². The molecule has 0 aromatic carbocycles. The van der Waals surface area contributed by atoms with Gasteiger partial charge >= 0.3 is 0 Å². The molecule has 0 saturated carbocycles. The van der Waals surface area contributed by atoms with Crippen molar-refractivity contribution in [1.82, 2.24) is 9.80 Å². The molecule has 1 aliphatic rings. The summed E-state index contributed by atoms with van der Waals surface area (Å²) in [5.74, 6) is 0.155. The highest BCUT2D eigenvalue weighted by atomic mass is 16.2. The Kier molecular flexibility index (Phi) is 3.97. The molecule has 0 bridgehead atoms. The summed E-state index contributed by atoms with van der Waals surface area (Å²) >= 11 is 0. The van der Waals surface area contributed by atoms with Gasteiger partial charge in [0.2, 0.25) is 5.91 Å². The Hall–Kier alpha value is -0.610. The Labute approximate surface area is 98.8 Å². The van der Waals surface area contributed by atoms with E-state index in [4.69, 9.17) is 5.73 Å². The van der Waals surface area contributed by atoms with E-state index in [2.05, 4.69) is 32.6 Å². The van der Waals surface area contributed by atoms with Gasteiger partial charge in [-0.1, -0.05) is 0 Å². The Morgan fingerprint density at radius 2 is 2.00 bits per heavy atom. The molecule has 0 radical (unpaired) electrons. The van der Waals surface area contributed by atoms with Crippen LogP contribution in [0.25, 0.3) is 0 Å². The zero-order chi connectivity index (χ0) is 12.5. The number of nitrogens with zero attached hydrogens (tertiary/aromatic N) is 2. The SMILES string of the molecule is CC1CCN(C(C)(C)C)C(CN)C(=O)N1C. The first-order valence-corrected chi connectivity index (χ1v) is 6.02. The summed E-state index contributed by atoms with van der Waals surface area (Å²) in [5.41, 5.74) is 5.76. The van der Waals surface area contributed by atoms with Crippen LogP contribution in [0.1, 0.15) is 34.1 Å². The van der Waals surface area contributed by atoms with Crippen molar-refractivity contribution in [1.29, 1.82) is 0 Å². The molecule has 0 aromatic heterocycles. The second-order valence-electron chi connectivity index (χ2n) is 5.70. The lowest BCUT2D eigenvalue weighted by atomic mass is 10.0. The second kappa shape index (κ2) is 4.72. The highest BCUT2D eigenvalue weighted by Crippen LogP contribution is 2.23. The third-order valence-electron chi connectivity index (χ3n) is 3.54. The fourth-order valence-corrected chi connectivity index (χ4v) is 2.29. The number of hydrogen-bond donors (Lipinski definition) is 1. The van der Waals surface area contributed by atoms with Crippen molar-refractivity contribution in [2.75, 3.05) is 20.1 Å². The average Bonchev–Trinajstić information content (AvgIpc) is 2.28. The standard InChI is InChI=1S/C12H25N3O/c1-9-6-7-15(12(2,3)4)10(8-13)11(16)14(9)5/h9-10H,6-8,13H2,1-5H3. The smallest absolute Gasteiger partial charge is 0.241 e. The Balaban J connectivity index is 2.98. The zero-order valence-corrected chi connectivity index (χ0v) is 11.2. The summed E-state index contributed by atoms with van der Waals surface area (Å²) in [5, 5.41) is 0. The van der Waals surface area contributed by atoms with Gasteiger partial charge in [-0.15, -0.1) is 0 Å². The van der Waals surface area contributed by atoms with Crippen LogP contribution < -0.4 is 5.73 Å². The fourth-order valence-electron chi connectivity index (χ4n) is 2.29. The first kappa shape index (κ1) is 13.5. The highest BCUT2D eigenvalue weighted by molar-refractivity contribution is 5.82. The lowest BCUT2D eigenvalue weighted by Gasteiger charge is -2.39. The van der Waals surface area contributed by atoms with E-state index >= 15 is 0 Å². The number of amides is 1. The largest absolute Gasteiger partial charge is 0.342 e. The van der Waals surface area contributed by atoms with Crippen molar-refractivity contribution < 1.29 is 4.79 Å². The quantitative estimate of drug-likeness (QED) is 0.716. The van der Waals surface area contributed by atoms with Gasteiger partial charge in [0.25, 0.3) is 0 Å². The topological polar surface area (TPSA) is 49.6 Å². The van der Waals surface area contributed by atoms with Crippen LogP contribution in [0, 0.1) is 0 Å². The molecule has 0 aliphatic carbocycles. The number of carbonyl (C=O) groups is 1. The maximum atomic E-state index is 12.2. The van der Waals surface area contributed by atoms with Crippen LogP contribution in [0.3, 0.4) is 0 Å². The molecule has 2 unspecified atom stereocenters. The summed E-state index contributed by atoms with van der Waals surface area (Å²) in [4.78, 5) is 16.3. The van der Waals surface area contributed by atoms with E-state index in [9.17, 15) is 4.79 Å². The first-order valence-electron chi connectivity index (χ1n) is 6.02. The van der Waals surface area contributed by atoms with E-state index in [-0.39, 0.29) is 17.5 Å². The van der Waals surface area contributed by atoms with Crippen LogP contribution in [0.2, 0.25) is 0 Å². The van der Waals surface area contributed by atoms with Gasteiger partial charge in [-0.05, 0) is 34.1 Å². The molecule has 2 N–H and O–H groups in total. The normalized spacial score (nSPS) is 29.4. The molecule has 1 rings (SSSR count). The molecule has 1 saturated heterocycles. The van der Waals surface area contributed by atoms with Gasteiger partial charge in [0.1, 0.15) is 6.04 Å². The van der Waals surface area contributed by atoms with Gasteiger partial charge in [0.15, 0.2) is 0 Å². The van der Waals surface area contributed by atoms with Crippen molar-refractivity contribution in [3.63, 3.8) is 0 Å². The van der Waals surface area contributed by atoms with Gasteiger partial charge in [0.05, 0.1) is 0 Å². The third kappa shape index (κ3) is 2.55. The van der Waals surface area contributed by atoms with E-state index in [1.54, 1.807) is 0 Å². The summed E-state index contributed by atoms with van der Waals surface area (Å²) in [6, 6.07) is 0.129. The lowest BCUT2D eigenvalue weighted by Crippen LogP contribution is -2.56. The van der Waals surface area contributed by atoms with Crippen molar-refractivity contribution in [2.45, 2.75) is 51.7 Å². The van der Waals surface area contributed by atoms with E-state index in [0.29, 0.717) is 12.6 Å². The van der Waals surface area contributed by atoms with E-state index < -0.39 is 0 Å². The molecule has 4 heteroatoms. The predicted molar refractivity (Wildman–Crippen MR) is 66.2 cm³/mol. The van der Waals surface area contributed by atoms with Crippen molar-refractivity contribution >= 4 is 5.91 Å². The van der Waals surface area contributed by atoms with E-state index in [0.717, 1.165) is 13.0 Å². The molecule has 1 amide bonds. The molecule has 2 atom stereocenters. The third-order valence-corrected chi connectivity index (χ3v) is 3.54. The van der Waals surface area contributed by atoms with Crippen LogP contribution in [0.15, 0.2) is 0 Å². The summed E-state index contributed by atoms with van der Waals surface area (Å²) < 4.78 is 0. The molecule has 1 fully saturated rings. The van der Waals surface area contributed by atoms with Crippen LogP contribution in [0.5, 0.6) is 0 Å². The molecule has 1 heterocycles. The van der Waals surface area contributed by atoms with Crippen molar-refractivity contribution in [3.8, 4) is 0 Å². The predicted octanol–water partition coefficient (Wildman–Crippen LogP) is 0.665. The molecule has 1 aliphatic heterocycles. The molecular weight excluding hydrogens is 202 g/mol. The number of hydrogen-bond acceptors (Lipinski definition) is 3. The zero-order valence-electron chi connectivity index (χ0n) is 11.2. The molecule has 0 aromatic rings.